The highest BCUT2D eigenvalue weighted by Gasteiger charge is 2.33. The second-order valence-electron chi connectivity index (χ2n) is 6.41. The van der Waals surface area contributed by atoms with E-state index < -0.39 is 0 Å². The van der Waals surface area contributed by atoms with Crippen LogP contribution in [-0.4, -0.2) is 29.0 Å². The molecular weight excluding hydrogens is 262 g/mol. The summed E-state index contributed by atoms with van der Waals surface area (Å²) in [7, 11) is 0. The van der Waals surface area contributed by atoms with E-state index in [1.165, 1.54) is 12.8 Å². The van der Waals surface area contributed by atoms with E-state index in [9.17, 15) is 4.79 Å². The van der Waals surface area contributed by atoms with Crippen molar-refractivity contribution in [3.05, 3.63) is 36.0 Å². The molecular formula is C17H21N3O. The van der Waals surface area contributed by atoms with Crippen LogP contribution >= 0.6 is 0 Å². The first-order valence-electron chi connectivity index (χ1n) is 7.88. The van der Waals surface area contributed by atoms with Gasteiger partial charge in [-0.3, -0.25) is 4.79 Å². The Morgan fingerprint density at radius 3 is 2.76 bits per heavy atom. The van der Waals surface area contributed by atoms with Gasteiger partial charge in [-0.15, -0.1) is 0 Å². The summed E-state index contributed by atoms with van der Waals surface area (Å²) < 4.78 is 0. The van der Waals surface area contributed by atoms with Crippen LogP contribution in [0.2, 0.25) is 0 Å². The van der Waals surface area contributed by atoms with E-state index in [0.717, 1.165) is 29.3 Å². The Morgan fingerprint density at radius 2 is 1.95 bits per heavy atom. The molecule has 0 radical (unpaired) electrons. The summed E-state index contributed by atoms with van der Waals surface area (Å²) in [6.45, 7) is 0. The molecule has 2 aromatic rings. The lowest BCUT2D eigenvalue weighted by molar-refractivity contribution is -0.121. The van der Waals surface area contributed by atoms with Crippen molar-refractivity contribution < 1.29 is 4.79 Å². The summed E-state index contributed by atoms with van der Waals surface area (Å²) in [5, 5.41) is 7.99. The molecule has 0 spiro atoms. The van der Waals surface area contributed by atoms with E-state index in [4.69, 9.17) is 0 Å². The molecule has 1 aromatic heterocycles. The molecule has 2 atom stereocenters. The molecule has 3 heterocycles. The Labute approximate surface area is 124 Å². The molecule has 110 valence electrons. The molecule has 0 aliphatic carbocycles. The van der Waals surface area contributed by atoms with Crippen LogP contribution in [0, 0.1) is 0 Å². The van der Waals surface area contributed by atoms with Gasteiger partial charge in [-0.05, 0) is 37.3 Å². The number of aromatic amines is 1. The van der Waals surface area contributed by atoms with Gasteiger partial charge in [-0.1, -0.05) is 18.2 Å². The average Bonchev–Trinajstić information content (AvgIpc) is 3.03. The van der Waals surface area contributed by atoms with Crippen molar-refractivity contribution in [2.45, 2.75) is 50.2 Å². The summed E-state index contributed by atoms with van der Waals surface area (Å²) in [5.74, 6) is 0.144. The van der Waals surface area contributed by atoms with Crippen molar-refractivity contribution >= 4 is 16.8 Å². The van der Waals surface area contributed by atoms with Crippen LogP contribution in [0.3, 0.4) is 0 Å². The fourth-order valence-corrected chi connectivity index (χ4v) is 3.90. The van der Waals surface area contributed by atoms with Gasteiger partial charge in [0.2, 0.25) is 5.91 Å². The maximum atomic E-state index is 12.3. The molecule has 2 saturated heterocycles. The Hall–Kier alpha value is -1.81. The van der Waals surface area contributed by atoms with Crippen LogP contribution in [0.1, 0.15) is 31.2 Å². The number of amides is 1. The van der Waals surface area contributed by atoms with E-state index in [0.29, 0.717) is 24.5 Å². The molecule has 3 N–H and O–H groups in total. The number of H-pyrrole nitrogens is 1. The summed E-state index contributed by atoms with van der Waals surface area (Å²) in [4.78, 5) is 15.5. The first kappa shape index (κ1) is 12.9. The number of aromatic nitrogens is 1. The first-order chi connectivity index (χ1) is 10.3. The van der Waals surface area contributed by atoms with Gasteiger partial charge in [0.1, 0.15) is 0 Å². The number of benzene rings is 1. The Kier molecular flexibility index (Phi) is 3.19. The second kappa shape index (κ2) is 5.19. The zero-order valence-corrected chi connectivity index (χ0v) is 12.1. The minimum Gasteiger partial charge on any atom is -0.361 e. The highest BCUT2D eigenvalue weighted by molar-refractivity contribution is 5.88. The van der Waals surface area contributed by atoms with E-state index in [-0.39, 0.29) is 5.91 Å². The van der Waals surface area contributed by atoms with Gasteiger partial charge >= 0.3 is 0 Å². The van der Waals surface area contributed by atoms with E-state index in [1.54, 1.807) is 0 Å². The van der Waals surface area contributed by atoms with Gasteiger partial charge in [0.05, 0.1) is 6.42 Å². The van der Waals surface area contributed by atoms with Crippen LogP contribution in [0.4, 0.5) is 0 Å². The Morgan fingerprint density at radius 1 is 1.19 bits per heavy atom. The number of carbonyl (C=O) groups excluding carboxylic acids is 1. The zero-order chi connectivity index (χ0) is 14.2. The van der Waals surface area contributed by atoms with Crippen molar-refractivity contribution in [1.29, 1.82) is 0 Å². The molecule has 4 rings (SSSR count). The SMILES string of the molecule is O=C(Cc1c[nH]c2ccccc12)NC1CC2CCC(C1)N2. The molecule has 2 bridgehead atoms. The lowest BCUT2D eigenvalue weighted by Crippen LogP contribution is -2.48. The number of para-hydroxylation sites is 1. The minimum absolute atomic E-state index is 0.144. The Balaban J connectivity index is 1.42. The van der Waals surface area contributed by atoms with Gasteiger partial charge in [-0.25, -0.2) is 0 Å². The van der Waals surface area contributed by atoms with Gasteiger partial charge < -0.3 is 15.6 Å². The van der Waals surface area contributed by atoms with E-state index >= 15 is 0 Å². The minimum atomic E-state index is 0.144. The normalized spacial score (nSPS) is 27.9. The quantitative estimate of drug-likeness (QED) is 0.808. The number of piperidine rings is 1. The van der Waals surface area contributed by atoms with Crippen molar-refractivity contribution in [2.75, 3.05) is 0 Å². The van der Waals surface area contributed by atoms with Crippen LogP contribution < -0.4 is 10.6 Å². The lowest BCUT2D eigenvalue weighted by atomic mass is 9.99. The number of hydrogen-bond donors (Lipinski definition) is 3. The largest absolute Gasteiger partial charge is 0.361 e. The maximum absolute atomic E-state index is 12.3. The third-order valence-corrected chi connectivity index (χ3v) is 4.86. The standard InChI is InChI=1S/C17H21N3O/c21-17(20-14-8-12-5-6-13(9-14)19-12)7-11-10-18-16-4-2-1-3-15(11)16/h1-4,10,12-14,18-19H,5-9H2,(H,20,21). The molecule has 2 aliphatic rings. The lowest BCUT2D eigenvalue weighted by Gasteiger charge is -2.29. The number of nitrogens with one attached hydrogen (secondary N) is 3. The third kappa shape index (κ3) is 2.56. The number of carbonyl (C=O) groups is 1. The van der Waals surface area contributed by atoms with Crippen LogP contribution in [0.15, 0.2) is 30.5 Å². The fourth-order valence-electron chi connectivity index (χ4n) is 3.90. The van der Waals surface area contributed by atoms with Crippen molar-refractivity contribution in [2.24, 2.45) is 0 Å². The topological polar surface area (TPSA) is 56.9 Å². The fraction of sp³-hybridized carbons (Fsp3) is 0.471. The predicted octanol–water partition coefficient (Wildman–Crippen LogP) is 2.11. The van der Waals surface area contributed by atoms with E-state index in [1.807, 2.05) is 24.4 Å². The summed E-state index contributed by atoms with van der Waals surface area (Å²) >= 11 is 0. The van der Waals surface area contributed by atoms with Crippen molar-refractivity contribution in [3.63, 3.8) is 0 Å². The first-order valence-corrected chi connectivity index (χ1v) is 7.88. The molecule has 2 unspecified atom stereocenters. The highest BCUT2D eigenvalue weighted by Crippen LogP contribution is 2.27. The molecule has 4 nitrogen and oxygen atoms in total. The zero-order valence-electron chi connectivity index (χ0n) is 12.1. The van der Waals surface area contributed by atoms with Gasteiger partial charge in [0, 0.05) is 35.2 Å². The molecule has 1 aromatic carbocycles. The van der Waals surface area contributed by atoms with Gasteiger partial charge in [-0.2, -0.15) is 0 Å². The van der Waals surface area contributed by atoms with Crippen molar-refractivity contribution in [1.82, 2.24) is 15.6 Å². The molecule has 4 heteroatoms. The summed E-state index contributed by atoms with van der Waals surface area (Å²) in [6.07, 6.45) is 7.10. The van der Waals surface area contributed by atoms with Crippen LogP contribution in [0.5, 0.6) is 0 Å². The molecule has 21 heavy (non-hydrogen) atoms. The van der Waals surface area contributed by atoms with Crippen LogP contribution in [-0.2, 0) is 11.2 Å². The van der Waals surface area contributed by atoms with Gasteiger partial charge in [0.15, 0.2) is 0 Å². The molecule has 2 aliphatic heterocycles. The molecule has 1 amide bonds. The predicted molar refractivity (Wildman–Crippen MR) is 83.1 cm³/mol. The molecule has 2 fully saturated rings. The third-order valence-electron chi connectivity index (χ3n) is 4.86. The summed E-state index contributed by atoms with van der Waals surface area (Å²) in [5.41, 5.74) is 2.18. The smallest absolute Gasteiger partial charge is 0.224 e. The molecule has 0 saturated carbocycles. The highest BCUT2D eigenvalue weighted by atomic mass is 16.1. The second-order valence-corrected chi connectivity index (χ2v) is 6.41. The monoisotopic (exact) mass is 283 g/mol. The van der Waals surface area contributed by atoms with Crippen molar-refractivity contribution in [3.8, 4) is 0 Å². The summed E-state index contributed by atoms with van der Waals surface area (Å²) in [6, 6.07) is 9.71. The average molecular weight is 283 g/mol. The van der Waals surface area contributed by atoms with Gasteiger partial charge in [0.25, 0.3) is 0 Å². The number of rotatable bonds is 3. The van der Waals surface area contributed by atoms with Crippen LogP contribution in [0.25, 0.3) is 10.9 Å². The number of hydrogen-bond acceptors (Lipinski definition) is 2. The number of fused-ring (bicyclic) bond motifs is 3. The maximum Gasteiger partial charge on any atom is 0.224 e. The van der Waals surface area contributed by atoms with E-state index in [2.05, 4.69) is 21.7 Å². The Bertz CT molecular complexity index is 651.